The molecule has 10 rings (SSSR count). The largest absolute Gasteiger partial charge is 0.486 e. The molecule has 10 aromatic rings. The zero-order valence-corrected chi connectivity index (χ0v) is 41.7. The number of aryl methyl sites for hydroxylation is 1. The van der Waals surface area contributed by atoms with Gasteiger partial charge in [0, 0.05) is 52.9 Å². The summed E-state index contributed by atoms with van der Waals surface area (Å²) >= 11 is 0. The maximum Gasteiger partial charge on any atom is 0.382 e. The summed E-state index contributed by atoms with van der Waals surface area (Å²) in [7, 11) is 0. The number of furan rings is 1. The van der Waals surface area contributed by atoms with Gasteiger partial charge in [-0.05, 0) is 104 Å². The molecular formula is C59H49F5IrN4O-2. The Kier molecular flexibility index (Phi) is 12.7. The van der Waals surface area contributed by atoms with E-state index in [9.17, 15) is 17.6 Å². The fourth-order valence-electron chi connectivity index (χ4n) is 8.57. The number of rotatable bonds is 7. The fourth-order valence-corrected chi connectivity index (χ4v) is 8.57. The van der Waals surface area contributed by atoms with Crippen molar-refractivity contribution in [3.63, 3.8) is 0 Å². The Balaban J connectivity index is 0.000000335. The van der Waals surface area contributed by atoms with Gasteiger partial charge in [-0.3, -0.25) is 9.37 Å². The third kappa shape index (κ3) is 9.70. The summed E-state index contributed by atoms with van der Waals surface area (Å²) in [5.74, 6) is -1.12. The zero-order valence-electron chi connectivity index (χ0n) is 42.4. The normalized spacial score (nSPS) is 12.7. The second-order valence-electron chi connectivity index (χ2n) is 18.7. The molecule has 0 aliphatic rings. The van der Waals surface area contributed by atoms with Crippen LogP contribution in [0, 0.1) is 30.6 Å². The van der Waals surface area contributed by atoms with E-state index in [1.54, 1.807) is 34.9 Å². The van der Waals surface area contributed by atoms with Crippen LogP contribution in [0.15, 0.2) is 144 Å². The maximum atomic E-state index is 15.3. The van der Waals surface area contributed by atoms with Crippen LogP contribution in [0.4, 0.5) is 22.0 Å². The molecule has 357 valence electrons. The van der Waals surface area contributed by atoms with Crippen LogP contribution in [-0.4, -0.2) is 19.5 Å². The smallest absolute Gasteiger partial charge is 0.382 e. The molecule has 4 aromatic heterocycles. The molecule has 0 amide bonds. The minimum Gasteiger partial charge on any atom is -0.486 e. The first kappa shape index (κ1) is 45.6. The average molecular weight is 1120 g/mol. The molecular weight excluding hydrogens is 1070 g/mol. The first-order valence-electron chi connectivity index (χ1n) is 24.1. The Morgan fingerprint density at radius 3 is 1.96 bits per heavy atom. The molecule has 0 aliphatic carbocycles. The number of hydrogen-bond acceptors (Lipinski definition) is 4. The second kappa shape index (κ2) is 19.5. The van der Waals surface area contributed by atoms with E-state index in [0.29, 0.717) is 22.5 Å². The van der Waals surface area contributed by atoms with E-state index < -0.39 is 24.4 Å². The number of fused-ring (bicyclic) bond motifs is 4. The van der Waals surface area contributed by atoms with Gasteiger partial charge >= 0.3 is 6.18 Å². The summed E-state index contributed by atoms with van der Waals surface area (Å²) in [5, 5.41) is -0.0859. The van der Waals surface area contributed by atoms with Crippen molar-refractivity contribution in [2.24, 2.45) is 0 Å². The predicted molar refractivity (Wildman–Crippen MR) is 266 cm³/mol. The number of hydrogen-bond donors (Lipinski definition) is 0. The molecule has 1 radical (unpaired) electrons. The molecule has 0 aliphatic heterocycles. The fraction of sp³-hybridized carbons (Fsp3) is 0.203. The quantitative estimate of drug-likeness (QED) is 0.118. The summed E-state index contributed by atoms with van der Waals surface area (Å²) in [4.78, 5) is 14.0. The number of aromatic nitrogens is 4. The standard InChI is InChI=1S/C44H34F4N3O.C15H15FN.Ir/c1-24(2)33-22-30(45)23-34(25(3)4)40(33)51-39-26(5)10-9-13-37(39)49-42(51)32-18-20-35(44(46,47)48)38-31-19-21-36(50-43(31)52-41(32)38)29-16-14-28(15-17-29)27-11-7-6-8-12-27;1-15(2,3)12-6-9-14(17-10-12)11-4-7-13(16)8-5-11;/h6-17,19-25H,1-5H3;4,6-10H,1-3H3;/q2*-1;/i5D3;;. The first-order valence-corrected chi connectivity index (χ1v) is 22.6. The van der Waals surface area contributed by atoms with Crippen molar-refractivity contribution in [2.45, 2.75) is 78.7 Å². The molecule has 6 aromatic carbocycles. The molecule has 0 saturated carbocycles. The van der Waals surface area contributed by atoms with Gasteiger partial charge in [-0.25, -0.2) is 9.37 Å². The van der Waals surface area contributed by atoms with Crippen LogP contribution in [0.5, 0.6) is 0 Å². The third-order valence-electron chi connectivity index (χ3n) is 12.2. The van der Waals surface area contributed by atoms with Gasteiger partial charge in [0.15, 0.2) is 0 Å². The SMILES string of the molecule is CC(C)(C)c1ccc(-c2[c-]cc(F)cc2)nc1.[2H]C([2H])([2H])c1cccc2nc(-c3[c-]cc(C(F)(F)F)c4c3oc3nc(-c5ccc(-c6ccccc6)cc5)ccc34)n(-c3c(C(C)C)cc(F)cc3C(C)C)c12.[Ir]. The summed E-state index contributed by atoms with van der Waals surface area (Å²) in [5.41, 5.74) is 7.22. The van der Waals surface area contributed by atoms with Crippen molar-refractivity contribution < 1.29 is 50.6 Å². The molecule has 0 unspecified atom stereocenters. The van der Waals surface area contributed by atoms with E-state index in [1.807, 2.05) is 94.6 Å². The Hall–Kier alpha value is -6.81. The second-order valence-corrected chi connectivity index (χ2v) is 18.7. The molecule has 0 bridgehead atoms. The van der Waals surface area contributed by atoms with Gasteiger partial charge in [0.25, 0.3) is 0 Å². The first-order chi connectivity index (χ1) is 34.1. The van der Waals surface area contributed by atoms with E-state index >= 15 is 4.39 Å². The Bertz CT molecular complexity index is 3570. The number of benzene rings is 6. The number of imidazole rings is 1. The minimum atomic E-state index is -4.78. The number of halogens is 5. The topological polar surface area (TPSA) is 56.7 Å². The average Bonchev–Trinajstić information content (AvgIpc) is 3.92. The van der Waals surface area contributed by atoms with Crippen molar-refractivity contribution in [2.75, 3.05) is 0 Å². The van der Waals surface area contributed by atoms with Crippen LogP contribution in [0.3, 0.4) is 0 Å². The Morgan fingerprint density at radius 2 is 1.36 bits per heavy atom. The Morgan fingerprint density at radius 1 is 0.686 bits per heavy atom. The van der Waals surface area contributed by atoms with Crippen molar-refractivity contribution in [3.8, 4) is 50.7 Å². The van der Waals surface area contributed by atoms with Crippen molar-refractivity contribution in [3.05, 3.63) is 191 Å². The number of nitrogens with zero attached hydrogens (tertiary/aromatic N) is 4. The molecule has 70 heavy (non-hydrogen) atoms. The van der Waals surface area contributed by atoms with E-state index in [1.165, 1.54) is 35.9 Å². The molecule has 11 heteroatoms. The zero-order chi connectivity index (χ0) is 51.4. The van der Waals surface area contributed by atoms with Gasteiger partial charge in [0.1, 0.15) is 5.82 Å². The van der Waals surface area contributed by atoms with Gasteiger partial charge in [-0.15, -0.1) is 42.0 Å². The predicted octanol–water partition coefficient (Wildman–Crippen LogP) is 16.8. The van der Waals surface area contributed by atoms with Crippen molar-refractivity contribution >= 4 is 33.1 Å². The van der Waals surface area contributed by atoms with E-state index in [2.05, 4.69) is 44.0 Å². The van der Waals surface area contributed by atoms with Crippen molar-refractivity contribution in [1.29, 1.82) is 0 Å². The third-order valence-corrected chi connectivity index (χ3v) is 12.2. The van der Waals surface area contributed by atoms with Gasteiger partial charge in [-0.2, -0.15) is 13.2 Å². The van der Waals surface area contributed by atoms with Gasteiger partial charge in [0.05, 0.1) is 28.1 Å². The molecule has 4 heterocycles. The van der Waals surface area contributed by atoms with Crippen LogP contribution in [0.25, 0.3) is 83.8 Å². The van der Waals surface area contributed by atoms with Gasteiger partial charge in [0.2, 0.25) is 5.71 Å². The van der Waals surface area contributed by atoms with E-state index in [0.717, 1.165) is 34.0 Å². The van der Waals surface area contributed by atoms with E-state index in [4.69, 9.17) is 18.5 Å². The van der Waals surface area contributed by atoms with Gasteiger partial charge in [-0.1, -0.05) is 133 Å². The van der Waals surface area contributed by atoms with Crippen LogP contribution in [-0.2, 0) is 31.7 Å². The maximum absolute atomic E-state index is 15.3. The van der Waals surface area contributed by atoms with Crippen LogP contribution < -0.4 is 0 Å². The molecule has 5 nitrogen and oxygen atoms in total. The van der Waals surface area contributed by atoms with E-state index in [-0.39, 0.29) is 93.2 Å². The van der Waals surface area contributed by atoms with Crippen LogP contribution in [0.1, 0.15) is 92.2 Å². The molecule has 0 N–H and O–H groups in total. The number of alkyl halides is 3. The number of para-hydroxylation sites is 1. The van der Waals surface area contributed by atoms with Crippen molar-refractivity contribution in [1.82, 2.24) is 19.5 Å². The monoisotopic (exact) mass is 1120 g/mol. The summed E-state index contributed by atoms with van der Waals surface area (Å²) in [6.45, 7) is 11.4. The molecule has 0 fully saturated rings. The summed E-state index contributed by atoms with van der Waals surface area (Å²) in [6.07, 6.45) is -2.91. The van der Waals surface area contributed by atoms with Crippen LogP contribution in [0.2, 0.25) is 0 Å². The number of pyridine rings is 2. The van der Waals surface area contributed by atoms with Crippen LogP contribution >= 0.6 is 0 Å². The molecule has 0 atom stereocenters. The Labute approximate surface area is 422 Å². The molecule has 0 saturated heterocycles. The molecule has 0 spiro atoms. The minimum absolute atomic E-state index is 0. The summed E-state index contributed by atoms with van der Waals surface area (Å²) < 4.78 is 106. The van der Waals surface area contributed by atoms with Gasteiger partial charge < -0.3 is 14.0 Å². The summed E-state index contributed by atoms with van der Waals surface area (Å²) in [6, 6.07) is 43.3.